The molecule has 0 aliphatic carbocycles. The van der Waals surface area contributed by atoms with Gasteiger partial charge in [0.15, 0.2) is 0 Å². The molecular weight excluding hydrogens is 228 g/mol. The maximum Gasteiger partial charge on any atom is 0.309 e. The Labute approximate surface area is 100 Å². The van der Waals surface area contributed by atoms with Crippen LogP contribution in [0.4, 0.5) is 0 Å². The van der Waals surface area contributed by atoms with Gasteiger partial charge in [0, 0.05) is 6.54 Å². The smallest absolute Gasteiger partial charge is 0.309 e. The highest BCUT2D eigenvalue weighted by atomic mass is 16.5. The number of ether oxygens (including phenoxy) is 1. The molecule has 0 radical (unpaired) electrons. The Bertz CT molecular complexity index is 231. The highest BCUT2D eigenvalue weighted by molar-refractivity contribution is 6.35. The summed E-state index contributed by atoms with van der Waals surface area (Å²) in [6, 6.07) is -0.404. The van der Waals surface area contributed by atoms with Crippen LogP contribution >= 0.6 is 0 Å². The summed E-state index contributed by atoms with van der Waals surface area (Å²) in [5.74, 6) is -1.53. The molecule has 100 valence electrons. The number of rotatable bonds is 8. The van der Waals surface area contributed by atoms with Gasteiger partial charge >= 0.3 is 11.8 Å². The number of hydrogen-bond acceptors (Lipinski definition) is 5. The first-order chi connectivity index (χ1) is 8.15. The lowest BCUT2D eigenvalue weighted by Crippen LogP contribution is -2.46. The van der Waals surface area contributed by atoms with Crippen molar-refractivity contribution in [2.24, 2.45) is 0 Å². The summed E-state index contributed by atoms with van der Waals surface area (Å²) >= 11 is 0. The minimum atomic E-state index is -0.770. The lowest BCUT2D eigenvalue weighted by molar-refractivity contribution is -0.139. The molecule has 7 nitrogen and oxygen atoms in total. The van der Waals surface area contributed by atoms with Gasteiger partial charge in [0.25, 0.3) is 0 Å². The predicted molar refractivity (Wildman–Crippen MR) is 60.2 cm³/mol. The number of nitrogens with one attached hydrogen (secondary N) is 2. The van der Waals surface area contributed by atoms with Gasteiger partial charge in [-0.1, -0.05) is 6.92 Å². The minimum absolute atomic E-state index is 0.0802. The van der Waals surface area contributed by atoms with E-state index in [-0.39, 0.29) is 33.0 Å². The molecule has 0 heterocycles. The van der Waals surface area contributed by atoms with Crippen LogP contribution in [0.3, 0.4) is 0 Å². The number of carbonyl (C=O) groups excluding carboxylic acids is 2. The van der Waals surface area contributed by atoms with Gasteiger partial charge in [0.1, 0.15) is 0 Å². The zero-order valence-electron chi connectivity index (χ0n) is 9.94. The Morgan fingerprint density at radius 1 is 1.24 bits per heavy atom. The van der Waals surface area contributed by atoms with Crippen LogP contribution in [0.2, 0.25) is 0 Å². The van der Waals surface area contributed by atoms with Crippen LogP contribution in [0.15, 0.2) is 0 Å². The van der Waals surface area contributed by atoms with Crippen molar-refractivity contribution >= 4 is 11.8 Å². The van der Waals surface area contributed by atoms with Gasteiger partial charge in [0.2, 0.25) is 0 Å². The summed E-state index contributed by atoms with van der Waals surface area (Å²) in [6.45, 7) is 2.14. The van der Waals surface area contributed by atoms with Gasteiger partial charge in [-0.2, -0.15) is 0 Å². The second kappa shape index (κ2) is 10.0. The summed E-state index contributed by atoms with van der Waals surface area (Å²) in [7, 11) is 0. The van der Waals surface area contributed by atoms with E-state index < -0.39 is 17.9 Å². The Hall–Kier alpha value is -1.18. The summed E-state index contributed by atoms with van der Waals surface area (Å²) < 4.78 is 4.90. The zero-order valence-corrected chi connectivity index (χ0v) is 9.94. The molecule has 4 N–H and O–H groups in total. The molecule has 0 fully saturated rings. The van der Waals surface area contributed by atoms with E-state index >= 15 is 0 Å². The third-order valence-electron chi connectivity index (χ3n) is 2.02. The molecule has 0 rings (SSSR count). The van der Waals surface area contributed by atoms with Crippen molar-refractivity contribution in [3.63, 3.8) is 0 Å². The Morgan fingerprint density at radius 3 is 2.47 bits per heavy atom. The fourth-order valence-corrected chi connectivity index (χ4v) is 1.01. The van der Waals surface area contributed by atoms with Crippen molar-refractivity contribution in [3.8, 4) is 0 Å². The van der Waals surface area contributed by atoms with Crippen molar-refractivity contribution in [1.29, 1.82) is 0 Å². The van der Waals surface area contributed by atoms with Gasteiger partial charge in [-0.15, -0.1) is 0 Å². The van der Waals surface area contributed by atoms with E-state index in [0.717, 1.165) is 0 Å². The highest BCUT2D eigenvalue weighted by Crippen LogP contribution is 1.88. The van der Waals surface area contributed by atoms with Crippen LogP contribution < -0.4 is 10.6 Å². The first kappa shape index (κ1) is 15.8. The molecule has 1 atom stereocenters. The van der Waals surface area contributed by atoms with Crippen LogP contribution in [0.5, 0.6) is 0 Å². The molecular formula is C10H20N2O5. The van der Waals surface area contributed by atoms with Gasteiger partial charge < -0.3 is 25.6 Å². The standard InChI is InChI=1S/C10H20N2O5/c1-2-8(7-14)12-10(16)9(15)11-3-5-17-6-4-13/h8,13-14H,2-7H2,1H3,(H,11,15)(H,12,16). The molecule has 0 aromatic rings. The Morgan fingerprint density at radius 2 is 1.94 bits per heavy atom. The zero-order chi connectivity index (χ0) is 13.1. The number of carbonyl (C=O) groups is 2. The summed E-state index contributed by atoms with van der Waals surface area (Å²) in [5, 5.41) is 22.0. The van der Waals surface area contributed by atoms with E-state index in [1.807, 2.05) is 0 Å². The van der Waals surface area contributed by atoms with E-state index in [1.54, 1.807) is 6.92 Å². The van der Waals surface area contributed by atoms with Crippen LogP contribution in [0.25, 0.3) is 0 Å². The van der Waals surface area contributed by atoms with E-state index in [4.69, 9.17) is 14.9 Å². The Kier molecular flexibility index (Phi) is 9.31. The first-order valence-electron chi connectivity index (χ1n) is 5.53. The fourth-order valence-electron chi connectivity index (χ4n) is 1.01. The topological polar surface area (TPSA) is 108 Å². The van der Waals surface area contributed by atoms with Gasteiger partial charge in [-0.25, -0.2) is 0 Å². The molecule has 0 saturated heterocycles. The number of aliphatic hydroxyl groups is 2. The first-order valence-corrected chi connectivity index (χ1v) is 5.53. The second-order valence-electron chi connectivity index (χ2n) is 3.35. The van der Waals surface area contributed by atoms with E-state index in [2.05, 4.69) is 10.6 Å². The summed E-state index contributed by atoms with van der Waals surface area (Å²) in [4.78, 5) is 22.5. The third kappa shape index (κ3) is 7.67. The minimum Gasteiger partial charge on any atom is -0.394 e. The highest BCUT2D eigenvalue weighted by Gasteiger charge is 2.16. The van der Waals surface area contributed by atoms with Crippen LogP contribution in [0.1, 0.15) is 13.3 Å². The molecule has 2 amide bonds. The average molecular weight is 248 g/mol. The summed E-state index contributed by atoms with van der Waals surface area (Å²) in [6.07, 6.45) is 0.551. The SMILES string of the molecule is CCC(CO)NC(=O)C(=O)NCCOCCO. The van der Waals surface area contributed by atoms with E-state index in [0.29, 0.717) is 6.42 Å². The molecule has 0 aromatic carbocycles. The quantitative estimate of drug-likeness (QED) is 0.293. The Balaban J connectivity index is 3.71. The van der Waals surface area contributed by atoms with Crippen LogP contribution in [-0.2, 0) is 14.3 Å². The molecule has 0 aliphatic rings. The molecule has 17 heavy (non-hydrogen) atoms. The van der Waals surface area contributed by atoms with Gasteiger partial charge in [0.05, 0.1) is 32.5 Å². The molecule has 0 aliphatic heterocycles. The predicted octanol–water partition coefficient (Wildman–Crippen LogP) is -2.00. The van der Waals surface area contributed by atoms with Gasteiger partial charge in [-0.05, 0) is 6.42 Å². The molecule has 7 heteroatoms. The molecule has 0 aromatic heterocycles. The van der Waals surface area contributed by atoms with E-state index in [9.17, 15) is 9.59 Å². The molecule has 0 bridgehead atoms. The number of aliphatic hydroxyl groups excluding tert-OH is 2. The largest absolute Gasteiger partial charge is 0.394 e. The molecule has 0 saturated carbocycles. The van der Waals surface area contributed by atoms with Crippen molar-refractivity contribution < 1.29 is 24.5 Å². The molecule has 0 spiro atoms. The van der Waals surface area contributed by atoms with Crippen LogP contribution in [0, 0.1) is 0 Å². The maximum absolute atomic E-state index is 11.3. The maximum atomic E-state index is 11.3. The second-order valence-corrected chi connectivity index (χ2v) is 3.35. The monoisotopic (exact) mass is 248 g/mol. The van der Waals surface area contributed by atoms with Gasteiger partial charge in [-0.3, -0.25) is 9.59 Å². The van der Waals surface area contributed by atoms with Crippen molar-refractivity contribution in [1.82, 2.24) is 10.6 Å². The number of amides is 2. The lowest BCUT2D eigenvalue weighted by atomic mass is 10.2. The van der Waals surface area contributed by atoms with Crippen LogP contribution in [-0.4, -0.2) is 61.0 Å². The van der Waals surface area contributed by atoms with E-state index in [1.165, 1.54) is 0 Å². The summed E-state index contributed by atoms with van der Waals surface area (Å²) in [5.41, 5.74) is 0. The third-order valence-corrected chi connectivity index (χ3v) is 2.02. The van der Waals surface area contributed by atoms with Crippen molar-refractivity contribution in [3.05, 3.63) is 0 Å². The lowest BCUT2D eigenvalue weighted by Gasteiger charge is -2.13. The molecule has 1 unspecified atom stereocenters. The number of hydrogen-bond donors (Lipinski definition) is 4. The average Bonchev–Trinajstić information content (AvgIpc) is 2.35. The normalized spacial score (nSPS) is 11.9. The fraction of sp³-hybridized carbons (Fsp3) is 0.800. The van der Waals surface area contributed by atoms with Crippen molar-refractivity contribution in [2.45, 2.75) is 19.4 Å². The van der Waals surface area contributed by atoms with Crippen molar-refractivity contribution in [2.75, 3.05) is 33.0 Å².